The highest BCUT2D eigenvalue weighted by atomic mass is 16.1. The van der Waals surface area contributed by atoms with E-state index in [0.29, 0.717) is 6.04 Å². The first-order valence-corrected chi connectivity index (χ1v) is 6.52. The van der Waals surface area contributed by atoms with Crippen LogP contribution in [0.3, 0.4) is 0 Å². The van der Waals surface area contributed by atoms with Gasteiger partial charge < -0.3 is 5.32 Å². The van der Waals surface area contributed by atoms with Crippen molar-refractivity contribution in [2.45, 2.75) is 33.2 Å². The first-order chi connectivity index (χ1) is 9.10. The van der Waals surface area contributed by atoms with Crippen molar-refractivity contribution in [3.63, 3.8) is 0 Å². The topological polar surface area (TPSA) is 46.9 Å². The fourth-order valence-corrected chi connectivity index (χ4v) is 1.76. The fraction of sp³-hybridized carbons (Fsp3) is 0.333. The van der Waals surface area contributed by atoms with E-state index in [2.05, 4.69) is 24.1 Å². The van der Waals surface area contributed by atoms with E-state index in [1.54, 1.807) is 16.8 Å². The molecule has 4 heteroatoms. The Kier molecular flexibility index (Phi) is 4.00. The number of nitrogens with zero attached hydrogens (tertiary/aromatic N) is 2. The van der Waals surface area contributed by atoms with E-state index in [0.717, 1.165) is 23.5 Å². The van der Waals surface area contributed by atoms with Crippen LogP contribution in [0, 0.1) is 6.92 Å². The van der Waals surface area contributed by atoms with Gasteiger partial charge in [-0.1, -0.05) is 13.0 Å². The minimum absolute atomic E-state index is 0.0463. The van der Waals surface area contributed by atoms with Crippen molar-refractivity contribution in [1.82, 2.24) is 9.55 Å². The normalized spacial score (nSPS) is 12.2. The highest BCUT2D eigenvalue weighted by Crippen LogP contribution is 2.10. The van der Waals surface area contributed by atoms with Crippen LogP contribution in [0.1, 0.15) is 25.8 Å². The number of hydrogen-bond acceptors (Lipinski definition) is 3. The predicted octanol–water partition coefficient (Wildman–Crippen LogP) is 2.75. The minimum atomic E-state index is -0.0463. The summed E-state index contributed by atoms with van der Waals surface area (Å²) in [4.78, 5) is 16.1. The van der Waals surface area contributed by atoms with E-state index in [9.17, 15) is 4.79 Å². The second-order valence-corrected chi connectivity index (χ2v) is 4.77. The smallest absolute Gasteiger partial charge is 0.255 e. The highest BCUT2D eigenvalue weighted by molar-refractivity contribution is 5.41. The van der Waals surface area contributed by atoms with Gasteiger partial charge in [-0.2, -0.15) is 0 Å². The molecule has 1 N–H and O–H groups in total. The Labute approximate surface area is 113 Å². The number of aryl methyl sites for hydroxylation is 1. The fourth-order valence-electron chi connectivity index (χ4n) is 1.76. The maximum absolute atomic E-state index is 11.8. The van der Waals surface area contributed by atoms with Gasteiger partial charge in [0, 0.05) is 18.3 Å². The van der Waals surface area contributed by atoms with Gasteiger partial charge in [-0.3, -0.25) is 9.36 Å². The van der Waals surface area contributed by atoms with Gasteiger partial charge in [0.05, 0.1) is 11.9 Å². The molecule has 0 saturated heterocycles. The zero-order valence-electron chi connectivity index (χ0n) is 11.6. The van der Waals surface area contributed by atoms with Crippen molar-refractivity contribution in [2.24, 2.45) is 0 Å². The Hall–Kier alpha value is -2.10. The minimum Gasteiger partial charge on any atom is -0.368 e. The summed E-state index contributed by atoms with van der Waals surface area (Å²) in [5.74, 6) is 0.832. The average molecular weight is 257 g/mol. The molecule has 0 aromatic carbocycles. The summed E-state index contributed by atoms with van der Waals surface area (Å²) in [5, 5.41) is 3.30. The van der Waals surface area contributed by atoms with E-state index in [4.69, 9.17) is 0 Å². The van der Waals surface area contributed by atoms with Gasteiger partial charge in [0.25, 0.3) is 5.56 Å². The maximum atomic E-state index is 11.8. The van der Waals surface area contributed by atoms with E-state index in [-0.39, 0.29) is 5.56 Å². The van der Waals surface area contributed by atoms with Gasteiger partial charge in [-0.05, 0) is 38.0 Å². The van der Waals surface area contributed by atoms with Gasteiger partial charge in [0.15, 0.2) is 0 Å². The van der Waals surface area contributed by atoms with Crippen LogP contribution < -0.4 is 10.9 Å². The SMILES string of the molecule is CCC(C)Nc1ccc(-n2cc(C)ccc2=O)cn1. The average Bonchev–Trinajstić information content (AvgIpc) is 2.42. The Morgan fingerprint density at radius 2 is 2.11 bits per heavy atom. The Morgan fingerprint density at radius 1 is 1.32 bits per heavy atom. The molecule has 0 bridgehead atoms. The lowest BCUT2D eigenvalue weighted by atomic mass is 10.2. The van der Waals surface area contributed by atoms with Gasteiger partial charge in [0.1, 0.15) is 5.82 Å². The van der Waals surface area contributed by atoms with Gasteiger partial charge >= 0.3 is 0 Å². The molecule has 2 rings (SSSR count). The number of pyridine rings is 2. The molecule has 0 aliphatic heterocycles. The monoisotopic (exact) mass is 257 g/mol. The number of anilines is 1. The molecule has 0 amide bonds. The highest BCUT2D eigenvalue weighted by Gasteiger charge is 2.03. The zero-order valence-corrected chi connectivity index (χ0v) is 11.6. The van der Waals surface area contributed by atoms with Crippen LogP contribution in [0.2, 0.25) is 0 Å². The third kappa shape index (κ3) is 3.22. The first kappa shape index (κ1) is 13.3. The molecule has 19 heavy (non-hydrogen) atoms. The molecule has 0 spiro atoms. The summed E-state index contributed by atoms with van der Waals surface area (Å²) in [7, 11) is 0. The van der Waals surface area contributed by atoms with Crippen LogP contribution in [-0.2, 0) is 0 Å². The van der Waals surface area contributed by atoms with Crippen molar-refractivity contribution in [2.75, 3.05) is 5.32 Å². The largest absolute Gasteiger partial charge is 0.368 e. The standard InChI is InChI=1S/C15H19N3O/c1-4-12(3)17-14-7-6-13(9-16-14)18-10-11(2)5-8-15(18)19/h5-10,12H,4H2,1-3H3,(H,16,17). The van der Waals surface area contributed by atoms with Crippen LogP contribution in [0.5, 0.6) is 0 Å². The maximum Gasteiger partial charge on any atom is 0.255 e. The molecule has 100 valence electrons. The third-order valence-corrected chi connectivity index (χ3v) is 3.09. The quantitative estimate of drug-likeness (QED) is 0.916. The molecular weight excluding hydrogens is 238 g/mol. The van der Waals surface area contributed by atoms with E-state index < -0.39 is 0 Å². The molecule has 0 aliphatic carbocycles. The van der Waals surface area contributed by atoms with Crippen molar-refractivity contribution >= 4 is 5.82 Å². The van der Waals surface area contributed by atoms with Crippen molar-refractivity contribution in [3.05, 3.63) is 52.6 Å². The molecule has 0 saturated carbocycles. The predicted molar refractivity (Wildman–Crippen MR) is 77.9 cm³/mol. The molecule has 0 fully saturated rings. The first-order valence-electron chi connectivity index (χ1n) is 6.52. The lowest BCUT2D eigenvalue weighted by Crippen LogP contribution is -2.17. The molecule has 4 nitrogen and oxygen atoms in total. The Balaban J connectivity index is 2.27. The van der Waals surface area contributed by atoms with Crippen LogP contribution in [0.15, 0.2) is 41.5 Å². The molecular formula is C15H19N3O. The molecule has 2 aromatic heterocycles. The summed E-state index contributed by atoms with van der Waals surface area (Å²) in [5.41, 5.74) is 1.78. The molecule has 1 unspecified atom stereocenters. The summed E-state index contributed by atoms with van der Waals surface area (Å²) in [6.45, 7) is 6.20. The van der Waals surface area contributed by atoms with Gasteiger partial charge in [0.2, 0.25) is 0 Å². The molecule has 0 radical (unpaired) electrons. The lowest BCUT2D eigenvalue weighted by Gasteiger charge is -2.12. The number of rotatable bonds is 4. The Bertz CT molecular complexity index is 602. The van der Waals surface area contributed by atoms with Crippen LogP contribution >= 0.6 is 0 Å². The van der Waals surface area contributed by atoms with E-state index in [1.165, 1.54) is 0 Å². The van der Waals surface area contributed by atoms with E-state index >= 15 is 0 Å². The lowest BCUT2D eigenvalue weighted by molar-refractivity contribution is 0.759. The van der Waals surface area contributed by atoms with Crippen molar-refractivity contribution in [1.29, 1.82) is 0 Å². The van der Waals surface area contributed by atoms with Gasteiger partial charge in [-0.15, -0.1) is 0 Å². The van der Waals surface area contributed by atoms with Gasteiger partial charge in [-0.25, -0.2) is 4.98 Å². The van der Waals surface area contributed by atoms with Crippen LogP contribution in [-0.4, -0.2) is 15.6 Å². The molecule has 2 heterocycles. The van der Waals surface area contributed by atoms with Crippen LogP contribution in [0.4, 0.5) is 5.82 Å². The molecule has 0 aliphatic rings. The third-order valence-electron chi connectivity index (χ3n) is 3.09. The molecule has 2 aromatic rings. The second-order valence-electron chi connectivity index (χ2n) is 4.77. The summed E-state index contributed by atoms with van der Waals surface area (Å²) >= 11 is 0. The Morgan fingerprint density at radius 3 is 2.74 bits per heavy atom. The zero-order chi connectivity index (χ0) is 13.8. The van der Waals surface area contributed by atoms with E-state index in [1.807, 2.05) is 31.3 Å². The number of nitrogens with one attached hydrogen (secondary N) is 1. The number of hydrogen-bond donors (Lipinski definition) is 1. The molecule has 1 atom stereocenters. The van der Waals surface area contributed by atoms with Crippen molar-refractivity contribution in [3.8, 4) is 5.69 Å². The second kappa shape index (κ2) is 5.69. The summed E-state index contributed by atoms with van der Waals surface area (Å²) in [6, 6.07) is 7.57. The van der Waals surface area contributed by atoms with Crippen LogP contribution in [0.25, 0.3) is 5.69 Å². The summed E-state index contributed by atoms with van der Waals surface area (Å²) in [6.07, 6.45) is 4.58. The van der Waals surface area contributed by atoms with Crippen molar-refractivity contribution < 1.29 is 0 Å². The number of aromatic nitrogens is 2. The summed E-state index contributed by atoms with van der Waals surface area (Å²) < 4.78 is 1.61.